The van der Waals surface area contributed by atoms with Crippen molar-refractivity contribution in [2.45, 2.75) is 39.7 Å². The van der Waals surface area contributed by atoms with E-state index in [1.807, 2.05) is 13.0 Å². The van der Waals surface area contributed by atoms with Crippen molar-refractivity contribution < 1.29 is 9.21 Å². The number of aryl methyl sites for hydroxylation is 1. The average molecular weight is 273 g/mol. The maximum atomic E-state index is 12.2. The van der Waals surface area contributed by atoms with Gasteiger partial charge in [-0.2, -0.15) is 5.10 Å². The molecule has 0 saturated heterocycles. The first-order chi connectivity index (χ1) is 9.44. The number of hydrogen-bond acceptors (Lipinski definition) is 3. The van der Waals surface area contributed by atoms with Crippen molar-refractivity contribution in [2.24, 2.45) is 5.41 Å². The fourth-order valence-electron chi connectivity index (χ4n) is 2.93. The summed E-state index contributed by atoms with van der Waals surface area (Å²) in [6.45, 7) is 6.34. The molecule has 0 aliphatic heterocycles. The standard InChI is InChI=1S/C15H19N3O2/c1-9-4-11-12(5-15(2,3)6-13(11)20-9)18-14(19)10-7-16-17-8-10/h4,7-8,12H,5-6H2,1-3H3,(H,16,17)(H,18,19). The second-order valence-electron chi connectivity index (χ2n) is 6.29. The second-order valence-corrected chi connectivity index (χ2v) is 6.29. The van der Waals surface area contributed by atoms with Gasteiger partial charge in [0.15, 0.2) is 0 Å². The van der Waals surface area contributed by atoms with E-state index in [1.165, 1.54) is 6.20 Å². The van der Waals surface area contributed by atoms with Crippen molar-refractivity contribution in [3.63, 3.8) is 0 Å². The molecule has 0 saturated carbocycles. The minimum atomic E-state index is -0.105. The number of nitrogens with zero attached hydrogens (tertiary/aromatic N) is 1. The summed E-state index contributed by atoms with van der Waals surface area (Å²) >= 11 is 0. The summed E-state index contributed by atoms with van der Waals surface area (Å²) in [5.74, 6) is 1.79. The predicted molar refractivity (Wildman–Crippen MR) is 74.3 cm³/mol. The average Bonchev–Trinajstić information content (AvgIpc) is 2.95. The zero-order valence-electron chi connectivity index (χ0n) is 12.0. The van der Waals surface area contributed by atoms with Gasteiger partial charge in [-0.1, -0.05) is 13.8 Å². The first kappa shape index (κ1) is 13.0. The Kier molecular flexibility index (Phi) is 2.92. The van der Waals surface area contributed by atoms with Crippen molar-refractivity contribution in [1.82, 2.24) is 15.5 Å². The van der Waals surface area contributed by atoms with Crippen molar-refractivity contribution in [1.29, 1.82) is 0 Å². The fourth-order valence-corrected chi connectivity index (χ4v) is 2.93. The highest BCUT2D eigenvalue weighted by Crippen LogP contribution is 2.42. The van der Waals surface area contributed by atoms with Crippen molar-refractivity contribution >= 4 is 5.91 Å². The number of nitrogens with one attached hydrogen (secondary N) is 2. The van der Waals surface area contributed by atoms with Gasteiger partial charge >= 0.3 is 0 Å². The molecule has 0 spiro atoms. The normalized spacial score (nSPS) is 20.4. The van der Waals surface area contributed by atoms with E-state index in [9.17, 15) is 4.79 Å². The molecule has 1 amide bonds. The summed E-state index contributed by atoms with van der Waals surface area (Å²) in [6, 6.07) is 2.03. The van der Waals surface area contributed by atoms with Gasteiger partial charge in [-0.15, -0.1) is 0 Å². The van der Waals surface area contributed by atoms with Crippen LogP contribution >= 0.6 is 0 Å². The number of aromatic amines is 1. The Balaban J connectivity index is 1.87. The van der Waals surface area contributed by atoms with Crippen LogP contribution in [0.4, 0.5) is 0 Å². The molecule has 5 nitrogen and oxygen atoms in total. The lowest BCUT2D eigenvalue weighted by molar-refractivity contribution is 0.0917. The van der Waals surface area contributed by atoms with Gasteiger partial charge in [0.25, 0.3) is 5.91 Å². The van der Waals surface area contributed by atoms with Gasteiger partial charge in [-0.25, -0.2) is 0 Å². The highest BCUT2D eigenvalue weighted by atomic mass is 16.3. The predicted octanol–water partition coefficient (Wildman–Crippen LogP) is 2.75. The lowest BCUT2D eigenvalue weighted by Crippen LogP contribution is -2.35. The first-order valence-electron chi connectivity index (χ1n) is 6.83. The summed E-state index contributed by atoms with van der Waals surface area (Å²) in [5.41, 5.74) is 1.78. The molecule has 1 atom stereocenters. The van der Waals surface area contributed by atoms with E-state index in [-0.39, 0.29) is 17.4 Å². The van der Waals surface area contributed by atoms with E-state index in [1.54, 1.807) is 6.20 Å². The van der Waals surface area contributed by atoms with Gasteiger partial charge in [0.2, 0.25) is 0 Å². The molecule has 1 aliphatic carbocycles. The lowest BCUT2D eigenvalue weighted by atomic mass is 9.74. The number of hydrogen-bond donors (Lipinski definition) is 2. The molecular weight excluding hydrogens is 254 g/mol. The maximum Gasteiger partial charge on any atom is 0.254 e. The fraction of sp³-hybridized carbons (Fsp3) is 0.467. The summed E-state index contributed by atoms with van der Waals surface area (Å²) in [5, 5.41) is 9.55. The second kappa shape index (κ2) is 4.51. The molecule has 0 radical (unpaired) electrons. The highest BCUT2D eigenvalue weighted by molar-refractivity contribution is 5.93. The molecule has 3 rings (SSSR count). The molecule has 5 heteroatoms. The lowest BCUT2D eigenvalue weighted by Gasteiger charge is -2.34. The topological polar surface area (TPSA) is 70.9 Å². The Bertz CT molecular complexity index is 626. The van der Waals surface area contributed by atoms with Crippen LogP contribution < -0.4 is 5.32 Å². The van der Waals surface area contributed by atoms with E-state index in [4.69, 9.17) is 4.42 Å². The monoisotopic (exact) mass is 273 g/mol. The third-order valence-electron chi connectivity index (χ3n) is 3.80. The summed E-state index contributed by atoms with van der Waals surface area (Å²) in [6.07, 6.45) is 4.95. The number of furan rings is 1. The van der Waals surface area contributed by atoms with E-state index in [0.717, 1.165) is 29.9 Å². The Morgan fingerprint density at radius 2 is 2.35 bits per heavy atom. The van der Waals surface area contributed by atoms with Crippen LogP contribution in [-0.4, -0.2) is 16.1 Å². The largest absolute Gasteiger partial charge is 0.466 e. The molecule has 20 heavy (non-hydrogen) atoms. The van der Waals surface area contributed by atoms with Crippen molar-refractivity contribution in [3.05, 3.63) is 41.1 Å². The molecule has 0 fully saturated rings. The minimum absolute atomic E-state index is 0.00593. The summed E-state index contributed by atoms with van der Waals surface area (Å²) < 4.78 is 5.77. The molecule has 0 aromatic carbocycles. The smallest absolute Gasteiger partial charge is 0.254 e. The summed E-state index contributed by atoms with van der Waals surface area (Å²) in [7, 11) is 0. The van der Waals surface area contributed by atoms with Crippen LogP contribution in [0, 0.1) is 12.3 Å². The quantitative estimate of drug-likeness (QED) is 0.883. The third-order valence-corrected chi connectivity index (χ3v) is 3.80. The number of H-pyrrole nitrogens is 1. The Labute approximate surface area is 117 Å². The number of rotatable bonds is 2. The first-order valence-corrected chi connectivity index (χ1v) is 6.83. The Morgan fingerprint density at radius 1 is 1.55 bits per heavy atom. The van der Waals surface area contributed by atoms with E-state index < -0.39 is 0 Å². The molecular formula is C15H19N3O2. The van der Waals surface area contributed by atoms with Crippen LogP contribution in [0.15, 0.2) is 22.9 Å². The number of carbonyl (C=O) groups is 1. The molecule has 2 N–H and O–H groups in total. The van der Waals surface area contributed by atoms with Gasteiger partial charge in [-0.3, -0.25) is 9.89 Å². The Morgan fingerprint density at radius 3 is 3.05 bits per heavy atom. The van der Waals surface area contributed by atoms with Crippen LogP contribution in [0.3, 0.4) is 0 Å². The van der Waals surface area contributed by atoms with Crippen LogP contribution in [0.2, 0.25) is 0 Å². The van der Waals surface area contributed by atoms with E-state index in [0.29, 0.717) is 5.56 Å². The molecule has 0 bridgehead atoms. The number of carbonyl (C=O) groups excluding carboxylic acids is 1. The van der Waals surface area contributed by atoms with E-state index in [2.05, 4.69) is 29.4 Å². The molecule has 1 unspecified atom stereocenters. The van der Waals surface area contributed by atoms with Crippen LogP contribution in [0.5, 0.6) is 0 Å². The van der Waals surface area contributed by atoms with Crippen LogP contribution in [-0.2, 0) is 6.42 Å². The van der Waals surface area contributed by atoms with Crippen LogP contribution in [0.25, 0.3) is 0 Å². The van der Waals surface area contributed by atoms with Crippen molar-refractivity contribution in [2.75, 3.05) is 0 Å². The summed E-state index contributed by atoms with van der Waals surface area (Å²) in [4.78, 5) is 12.2. The van der Waals surface area contributed by atoms with Gasteiger partial charge in [-0.05, 0) is 24.8 Å². The number of aromatic nitrogens is 2. The molecule has 2 aromatic heterocycles. The van der Waals surface area contributed by atoms with Gasteiger partial charge in [0, 0.05) is 18.2 Å². The molecule has 1 aliphatic rings. The highest BCUT2D eigenvalue weighted by Gasteiger charge is 2.35. The van der Waals surface area contributed by atoms with Gasteiger partial charge < -0.3 is 9.73 Å². The van der Waals surface area contributed by atoms with Gasteiger partial charge in [0.05, 0.1) is 17.8 Å². The van der Waals surface area contributed by atoms with Crippen molar-refractivity contribution in [3.8, 4) is 0 Å². The third kappa shape index (κ3) is 2.35. The zero-order chi connectivity index (χ0) is 14.3. The SMILES string of the molecule is Cc1cc2c(o1)CC(C)(C)CC2NC(=O)c1cn[nH]c1. The minimum Gasteiger partial charge on any atom is -0.466 e. The van der Waals surface area contributed by atoms with Crippen LogP contribution in [0.1, 0.15) is 53.8 Å². The van der Waals surface area contributed by atoms with E-state index >= 15 is 0 Å². The Hall–Kier alpha value is -2.04. The maximum absolute atomic E-state index is 12.2. The van der Waals surface area contributed by atoms with Gasteiger partial charge in [0.1, 0.15) is 11.5 Å². The molecule has 2 aromatic rings. The zero-order valence-corrected chi connectivity index (χ0v) is 12.0. The molecule has 106 valence electrons. The number of fused-ring (bicyclic) bond motifs is 1. The number of amides is 1. The molecule has 2 heterocycles.